The van der Waals surface area contributed by atoms with E-state index in [0.29, 0.717) is 31.4 Å². The second-order valence-electron chi connectivity index (χ2n) is 3.65. The molecule has 15 heavy (non-hydrogen) atoms. The Morgan fingerprint density at radius 3 is 2.73 bits per heavy atom. The van der Waals surface area contributed by atoms with E-state index in [9.17, 15) is 8.42 Å². The van der Waals surface area contributed by atoms with Crippen molar-refractivity contribution < 1.29 is 13.2 Å². The summed E-state index contributed by atoms with van der Waals surface area (Å²) in [7, 11) is -2.79. The normalized spacial score (nSPS) is 22.5. The number of alkyl halides is 1. The summed E-state index contributed by atoms with van der Waals surface area (Å²) in [4.78, 5) is 2.14. The topological polar surface area (TPSA) is 46.6 Å². The Morgan fingerprint density at radius 2 is 2.00 bits per heavy atom. The van der Waals surface area contributed by atoms with Gasteiger partial charge in [-0.2, -0.15) is 0 Å². The standard InChI is InChI=1S/C9H18ClNO3S/c10-2-6-14-7-4-11-3-1-8-15(12,13)9-5-11/h1-9H2. The molecule has 0 amide bonds. The average Bonchev–Trinajstić information content (AvgIpc) is 2.35. The van der Waals surface area contributed by atoms with E-state index in [0.717, 1.165) is 19.5 Å². The van der Waals surface area contributed by atoms with E-state index < -0.39 is 9.84 Å². The number of ether oxygens (including phenoxy) is 1. The molecule has 90 valence electrons. The molecule has 0 bridgehead atoms. The smallest absolute Gasteiger partial charge is 0.151 e. The highest BCUT2D eigenvalue weighted by atomic mass is 35.5. The Labute approximate surface area is 96.5 Å². The first-order valence-corrected chi connectivity index (χ1v) is 7.56. The summed E-state index contributed by atoms with van der Waals surface area (Å²) in [6, 6.07) is 0. The van der Waals surface area contributed by atoms with E-state index >= 15 is 0 Å². The molecule has 6 heteroatoms. The summed E-state index contributed by atoms with van der Waals surface area (Å²) < 4.78 is 27.9. The van der Waals surface area contributed by atoms with E-state index in [1.54, 1.807) is 0 Å². The molecule has 0 aliphatic carbocycles. The predicted octanol–water partition coefficient (Wildman–Crippen LogP) is 0.362. The van der Waals surface area contributed by atoms with Crippen LogP contribution < -0.4 is 0 Å². The summed E-state index contributed by atoms with van der Waals surface area (Å²) in [5.74, 6) is 1.11. The predicted molar refractivity (Wildman–Crippen MR) is 61.2 cm³/mol. The molecule has 4 nitrogen and oxygen atoms in total. The van der Waals surface area contributed by atoms with Crippen molar-refractivity contribution in [2.45, 2.75) is 6.42 Å². The van der Waals surface area contributed by atoms with E-state index in [2.05, 4.69) is 4.90 Å². The maximum Gasteiger partial charge on any atom is 0.151 e. The third-order valence-electron chi connectivity index (χ3n) is 2.42. The summed E-state index contributed by atoms with van der Waals surface area (Å²) in [5, 5.41) is 0. The molecular formula is C9H18ClNO3S. The van der Waals surface area contributed by atoms with Gasteiger partial charge in [0, 0.05) is 19.0 Å². The van der Waals surface area contributed by atoms with Crippen molar-refractivity contribution in [2.24, 2.45) is 0 Å². The van der Waals surface area contributed by atoms with Gasteiger partial charge in [-0.15, -0.1) is 11.6 Å². The Balaban J connectivity index is 2.20. The first-order chi connectivity index (χ1) is 7.14. The number of nitrogens with zero attached hydrogens (tertiary/aromatic N) is 1. The van der Waals surface area contributed by atoms with Crippen molar-refractivity contribution in [2.75, 3.05) is 50.2 Å². The Hall–Kier alpha value is 0.160. The van der Waals surface area contributed by atoms with Crippen LogP contribution in [0.5, 0.6) is 0 Å². The van der Waals surface area contributed by atoms with Gasteiger partial charge >= 0.3 is 0 Å². The summed E-state index contributed by atoms with van der Waals surface area (Å²) >= 11 is 5.47. The molecule has 1 heterocycles. The lowest BCUT2D eigenvalue weighted by Gasteiger charge is -2.18. The third kappa shape index (κ3) is 5.70. The molecule has 0 spiro atoms. The Morgan fingerprint density at radius 1 is 1.20 bits per heavy atom. The van der Waals surface area contributed by atoms with Gasteiger partial charge in [0.2, 0.25) is 0 Å². The molecule has 1 rings (SSSR count). The van der Waals surface area contributed by atoms with Crippen LogP contribution in [0, 0.1) is 0 Å². The lowest BCUT2D eigenvalue weighted by molar-refractivity contribution is 0.117. The quantitative estimate of drug-likeness (QED) is 0.526. The minimum atomic E-state index is -2.79. The van der Waals surface area contributed by atoms with Gasteiger partial charge in [0.1, 0.15) is 0 Å². The summed E-state index contributed by atoms with van der Waals surface area (Å²) in [6.07, 6.45) is 0.734. The minimum absolute atomic E-state index is 0.280. The van der Waals surface area contributed by atoms with Crippen LogP contribution >= 0.6 is 11.6 Å². The molecule has 1 fully saturated rings. The van der Waals surface area contributed by atoms with Gasteiger partial charge in [-0.25, -0.2) is 8.42 Å². The highest BCUT2D eigenvalue weighted by Gasteiger charge is 2.18. The Bertz CT molecular complexity index is 269. The minimum Gasteiger partial charge on any atom is -0.379 e. The number of halogens is 1. The van der Waals surface area contributed by atoms with Gasteiger partial charge in [0.25, 0.3) is 0 Å². The van der Waals surface area contributed by atoms with Gasteiger partial charge in [0.05, 0.1) is 24.7 Å². The van der Waals surface area contributed by atoms with Crippen LogP contribution in [0.4, 0.5) is 0 Å². The van der Waals surface area contributed by atoms with Crippen LogP contribution in [0.25, 0.3) is 0 Å². The molecule has 0 aromatic heterocycles. The highest BCUT2D eigenvalue weighted by molar-refractivity contribution is 7.91. The number of sulfone groups is 1. The zero-order valence-corrected chi connectivity index (χ0v) is 10.4. The second kappa shape index (κ2) is 6.68. The number of hydrogen-bond acceptors (Lipinski definition) is 4. The monoisotopic (exact) mass is 255 g/mol. The highest BCUT2D eigenvalue weighted by Crippen LogP contribution is 2.04. The third-order valence-corrected chi connectivity index (χ3v) is 4.29. The fraction of sp³-hybridized carbons (Fsp3) is 1.00. The van der Waals surface area contributed by atoms with Gasteiger partial charge in [-0.1, -0.05) is 0 Å². The lowest BCUT2D eigenvalue weighted by atomic mass is 10.4. The average molecular weight is 256 g/mol. The largest absolute Gasteiger partial charge is 0.379 e. The van der Waals surface area contributed by atoms with E-state index in [4.69, 9.17) is 16.3 Å². The van der Waals surface area contributed by atoms with Crippen LogP contribution in [-0.4, -0.2) is 63.6 Å². The fourth-order valence-corrected chi connectivity index (χ4v) is 2.98. The van der Waals surface area contributed by atoms with Crippen LogP contribution in [-0.2, 0) is 14.6 Å². The molecule has 0 atom stereocenters. The van der Waals surface area contributed by atoms with Crippen molar-refractivity contribution in [1.29, 1.82) is 0 Å². The summed E-state index contributed by atoms with van der Waals surface area (Å²) in [6.45, 7) is 3.48. The molecular weight excluding hydrogens is 238 g/mol. The molecule has 0 saturated carbocycles. The lowest BCUT2D eigenvalue weighted by Crippen LogP contribution is -2.30. The van der Waals surface area contributed by atoms with Gasteiger partial charge in [-0.3, -0.25) is 0 Å². The van der Waals surface area contributed by atoms with Gasteiger partial charge in [0.15, 0.2) is 9.84 Å². The number of hydrogen-bond donors (Lipinski definition) is 0. The molecule has 0 unspecified atom stereocenters. The van der Waals surface area contributed by atoms with Crippen LogP contribution in [0.15, 0.2) is 0 Å². The van der Waals surface area contributed by atoms with Crippen LogP contribution in [0.3, 0.4) is 0 Å². The Kier molecular flexibility index (Phi) is 5.89. The van der Waals surface area contributed by atoms with Crippen molar-refractivity contribution in [3.63, 3.8) is 0 Å². The van der Waals surface area contributed by atoms with Crippen molar-refractivity contribution in [1.82, 2.24) is 4.90 Å². The SMILES string of the molecule is O=S1(=O)CCCN(CCOCCCl)CC1. The maximum absolute atomic E-state index is 11.3. The zero-order chi connectivity index (χ0) is 11.1. The van der Waals surface area contributed by atoms with Gasteiger partial charge < -0.3 is 9.64 Å². The van der Waals surface area contributed by atoms with Gasteiger partial charge in [-0.05, 0) is 13.0 Å². The van der Waals surface area contributed by atoms with Crippen molar-refractivity contribution in [3.05, 3.63) is 0 Å². The fourth-order valence-electron chi connectivity index (χ4n) is 1.56. The maximum atomic E-state index is 11.3. The van der Waals surface area contributed by atoms with Crippen LogP contribution in [0.1, 0.15) is 6.42 Å². The molecule has 1 aliphatic heterocycles. The molecule has 0 aromatic carbocycles. The molecule has 0 radical (unpaired) electrons. The van der Waals surface area contributed by atoms with E-state index in [1.165, 1.54) is 0 Å². The van der Waals surface area contributed by atoms with E-state index in [-0.39, 0.29) is 5.75 Å². The van der Waals surface area contributed by atoms with Crippen molar-refractivity contribution >= 4 is 21.4 Å². The molecule has 1 aliphatic rings. The van der Waals surface area contributed by atoms with E-state index in [1.807, 2.05) is 0 Å². The second-order valence-corrected chi connectivity index (χ2v) is 6.33. The molecule has 1 saturated heterocycles. The van der Waals surface area contributed by atoms with Crippen LogP contribution in [0.2, 0.25) is 0 Å². The zero-order valence-electron chi connectivity index (χ0n) is 8.82. The molecule has 0 aromatic rings. The first-order valence-electron chi connectivity index (χ1n) is 5.20. The first kappa shape index (κ1) is 13.2. The molecule has 0 N–H and O–H groups in total. The van der Waals surface area contributed by atoms with Crippen molar-refractivity contribution in [3.8, 4) is 0 Å². The summed E-state index contributed by atoms with van der Waals surface area (Å²) in [5.41, 5.74) is 0. The number of rotatable bonds is 5.